The zero-order valence-electron chi connectivity index (χ0n) is 11.8. The monoisotopic (exact) mass is 276 g/mol. The van der Waals surface area contributed by atoms with E-state index in [1.165, 1.54) is 0 Å². The van der Waals surface area contributed by atoms with Crippen LogP contribution in [0.1, 0.15) is 20.3 Å². The van der Waals surface area contributed by atoms with E-state index in [1.807, 2.05) is 44.2 Å². The minimum atomic E-state index is -0.824. The summed E-state index contributed by atoms with van der Waals surface area (Å²) < 4.78 is 0. The first-order valence-corrected chi connectivity index (χ1v) is 6.92. The highest BCUT2D eigenvalue weighted by Crippen LogP contribution is 2.27. The molecule has 2 unspecified atom stereocenters. The Hall–Kier alpha value is -2.04. The van der Waals surface area contributed by atoms with Crippen LogP contribution in [-0.2, 0) is 4.79 Å². The lowest BCUT2D eigenvalue weighted by atomic mass is 10.0. The van der Waals surface area contributed by atoms with Crippen molar-refractivity contribution in [2.24, 2.45) is 5.92 Å². The summed E-state index contributed by atoms with van der Waals surface area (Å²) in [5.41, 5.74) is 0.839. The first kappa shape index (κ1) is 14.4. The quantitative estimate of drug-likeness (QED) is 0.922. The molecular weight excluding hydrogens is 256 g/mol. The molecule has 5 heteroatoms. The Kier molecular flexibility index (Phi) is 4.27. The SMILES string of the molecule is CCN(C(=O)N1CCC(C(=O)O)C1C)c1ccccc1. The lowest BCUT2D eigenvalue weighted by Crippen LogP contribution is -2.46. The van der Waals surface area contributed by atoms with Gasteiger partial charge in [0.05, 0.1) is 5.92 Å². The summed E-state index contributed by atoms with van der Waals surface area (Å²) in [4.78, 5) is 27.1. The molecular formula is C15H20N2O3. The molecule has 0 radical (unpaired) electrons. The third-order valence-electron chi connectivity index (χ3n) is 3.93. The summed E-state index contributed by atoms with van der Waals surface area (Å²) in [7, 11) is 0. The second kappa shape index (κ2) is 5.94. The second-order valence-electron chi connectivity index (χ2n) is 5.03. The number of benzene rings is 1. The number of urea groups is 1. The molecule has 1 aliphatic heterocycles. The molecule has 20 heavy (non-hydrogen) atoms. The van der Waals surface area contributed by atoms with E-state index in [-0.39, 0.29) is 12.1 Å². The molecule has 0 saturated carbocycles. The molecule has 1 aromatic rings. The predicted molar refractivity (Wildman–Crippen MR) is 76.8 cm³/mol. The number of carboxylic acid groups (broad SMARTS) is 1. The average molecular weight is 276 g/mol. The van der Waals surface area contributed by atoms with Crippen molar-refractivity contribution in [2.45, 2.75) is 26.3 Å². The summed E-state index contributed by atoms with van der Waals surface area (Å²) in [5.74, 6) is -1.29. The van der Waals surface area contributed by atoms with Crippen molar-refractivity contribution < 1.29 is 14.7 Å². The average Bonchev–Trinajstić information content (AvgIpc) is 2.82. The highest BCUT2D eigenvalue weighted by Gasteiger charge is 2.39. The van der Waals surface area contributed by atoms with Crippen LogP contribution in [0.15, 0.2) is 30.3 Å². The van der Waals surface area contributed by atoms with Gasteiger partial charge in [-0.25, -0.2) is 4.79 Å². The van der Waals surface area contributed by atoms with Crippen LogP contribution in [-0.4, -0.2) is 41.1 Å². The van der Waals surface area contributed by atoms with E-state index in [9.17, 15) is 9.59 Å². The van der Waals surface area contributed by atoms with E-state index < -0.39 is 11.9 Å². The van der Waals surface area contributed by atoms with Crippen LogP contribution in [0.5, 0.6) is 0 Å². The van der Waals surface area contributed by atoms with Gasteiger partial charge in [0.1, 0.15) is 0 Å². The molecule has 2 atom stereocenters. The van der Waals surface area contributed by atoms with Gasteiger partial charge in [-0.2, -0.15) is 0 Å². The minimum Gasteiger partial charge on any atom is -0.481 e. The fourth-order valence-corrected chi connectivity index (χ4v) is 2.73. The van der Waals surface area contributed by atoms with Crippen molar-refractivity contribution in [1.82, 2.24) is 4.90 Å². The topological polar surface area (TPSA) is 60.9 Å². The first-order valence-electron chi connectivity index (χ1n) is 6.92. The van der Waals surface area contributed by atoms with Crippen LogP contribution in [0, 0.1) is 5.92 Å². The summed E-state index contributed by atoms with van der Waals surface area (Å²) >= 11 is 0. The third kappa shape index (κ3) is 2.61. The van der Waals surface area contributed by atoms with Gasteiger partial charge < -0.3 is 10.0 Å². The molecule has 108 valence electrons. The Labute approximate surface area is 118 Å². The predicted octanol–water partition coefficient (Wildman–Crippen LogP) is 2.43. The molecule has 0 aromatic heterocycles. The Balaban J connectivity index is 2.16. The second-order valence-corrected chi connectivity index (χ2v) is 5.03. The van der Waals surface area contributed by atoms with Gasteiger partial charge in [0.25, 0.3) is 0 Å². The van der Waals surface area contributed by atoms with E-state index in [1.54, 1.807) is 9.80 Å². The molecule has 1 aromatic carbocycles. The van der Waals surface area contributed by atoms with Crippen LogP contribution >= 0.6 is 0 Å². The number of carbonyl (C=O) groups is 2. The maximum atomic E-state index is 12.6. The van der Waals surface area contributed by atoms with Crippen molar-refractivity contribution in [3.63, 3.8) is 0 Å². The number of anilines is 1. The maximum Gasteiger partial charge on any atom is 0.324 e. The Morgan fingerprint density at radius 3 is 2.50 bits per heavy atom. The molecule has 1 saturated heterocycles. The zero-order valence-corrected chi connectivity index (χ0v) is 11.8. The molecule has 2 rings (SSSR count). The van der Waals surface area contributed by atoms with E-state index in [0.29, 0.717) is 19.5 Å². The summed E-state index contributed by atoms with van der Waals surface area (Å²) in [6, 6.07) is 9.07. The minimum absolute atomic E-state index is 0.116. The molecule has 0 spiro atoms. The molecule has 1 aliphatic rings. The number of amides is 2. The number of carbonyl (C=O) groups excluding carboxylic acids is 1. The van der Waals surface area contributed by atoms with Gasteiger partial charge in [-0.15, -0.1) is 0 Å². The van der Waals surface area contributed by atoms with Gasteiger partial charge in [-0.3, -0.25) is 9.69 Å². The van der Waals surface area contributed by atoms with Crippen LogP contribution in [0.3, 0.4) is 0 Å². The lowest BCUT2D eigenvalue weighted by molar-refractivity contribution is -0.142. The third-order valence-corrected chi connectivity index (χ3v) is 3.93. The number of carboxylic acids is 1. The van der Waals surface area contributed by atoms with Gasteiger partial charge in [-0.1, -0.05) is 18.2 Å². The molecule has 0 bridgehead atoms. The van der Waals surface area contributed by atoms with Crippen molar-refractivity contribution in [3.8, 4) is 0 Å². The van der Waals surface area contributed by atoms with Gasteiger partial charge >= 0.3 is 12.0 Å². The number of hydrogen-bond donors (Lipinski definition) is 1. The van der Waals surface area contributed by atoms with E-state index >= 15 is 0 Å². The van der Waals surface area contributed by atoms with Crippen LogP contribution in [0.4, 0.5) is 10.5 Å². The molecule has 1 N–H and O–H groups in total. The first-order chi connectivity index (χ1) is 9.56. The Morgan fingerprint density at radius 2 is 2.00 bits per heavy atom. The van der Waals surface area contributed by atoms with Crippen molar-refractivity contribution in [2.75, 3.05) is 18.0 Å². The number of likely N-dealkylation sites (tertiary alicyclic amines) is 1. The van der Waals surface area contributed by atoms with Crippen molar-refractivity contribution in [3.05, 3.63) is 30.3 Å². The number of rotatable bonds is 3. The maximum absolute atomic E-state index is 12.6. The van der Waals surface area contributed by atoms with Gasteiger partial charge in [-0.05, 0) is 32.4 Å². The van der Waals surface area contributed by atoms with Crippen LogP contribution in [0.25, 0.3) is 0 Å². The van der Waals surface area contributed by atoms with Crippen LogP contribution < -0.4 is 4.90 Å². The highest BCUT2D eigenvalue weighted by atomic mass is 16.4. The lowest BCUT2D eigenvalue weighted by Gasteiger charge is -2.30. The Bertz CT molecular complexity index is 489. The van der Waals surface area contributed by atoms with Crippen molar-refractivity contribution in [1.29, 1.82) is 0 Å². The molecule has 1 fully saturated rings. The van der Waals surface area contributed by atoms with E-state index in [4.69, 9.17) is 5.11 Å². The summed E-state index contributed by atoms with van der Waals surface area (Å²) in [5, 5.41) is 9.14. The van der Waals surface area contributed by atoms with E-state index in [0.717, 1.165) is 5.69 Å². The molecule has 5 nitrogen and oxygen atoms in total. The normalized spacial score (nSPS) is 21.8. The fourth-order valence-electron chi connectivity index (χ4n) is 2.73. The number of aliphatic carboxylic acids is 1. The van der Waals surface area contributed by atoms with Gasteiger partial charge in [0.15, 0.2) is 0 Å². The standard InChI is InChI=1S/C15H20N2O3/c1-3-16(12-7-5-4-6-8-12)15(20)17-10-9-13(11(17)2)14(18)19/h4-8,11,13H,3,9-10H2,1-2H3,(H,18,19). The largest absolute Gasteiger partial charge is 0.481 e. The van der Waals surface area contributed by atoms with Gasteiger partial charge in [0.2, 0.25) is 0 Å². The van der Waals surface area contributed by atoms with Gasteiger partial charge in [0, 0.05) is 24.8 Å². The summed E-state index contributed by atoms with van der Waals surface area (Å²) in [6.45, 7) is 4.78. The molecule has 2 amide bonds. The smallest absolute Gasteiger partial charge is 0.324 e. The van der Waals surface area contributed by atoms with E-state index in [2.05, 4.69) is 0 Å². The molecule has 0 aliphatic carbocycles. The number of nitrogens with zero attached hydrogens (tertiary/aromatic N) is 2. The Morgan fingerprint density at radius 1 is 1.35 bits per heavy atom. The molecule has 1 heterocycles. The summed E-state index contributed by atoms with van der Waals surface area (Å²) in [6.07, 6.45) is 0.522. The van der Waals surface area contributed by atoms with Crippen molar-refractivity contribution >= 4 is 17.7 Å². The highest BCUT2D eigenvalue weighted by molar-refractivity contribution is 5.92. The van der Waals surface area contributed by atoms with Crippen LogP contribution in [0.2, 0.25) is 0 Å². The zero-order chi connectivity index (χ0) is 14.7. The number of para-hydroxylation sites is 1. The number of hydrogen-bond acceptors (Lipinski definition) is 2. The fraction of sp³-hybridized carbons (Fsp3) is 0.467.